The number of rotatable bonds is 7. The Balaban J connectivity index is 1.47. The van der Waals surface area contributed by atoms with Gasteiger partial charge in [-0.25, -0.2) is 0 Å². The van der Waals surface area contributed by atoms with Gasteiger partial charge in [-0.2, -0.15) is 5.10 Å². The molecular formula is C22H17BrCl2N4O3. The van der Waals surface area contributed by atoms with Crippen LogP contribution < -0.4 is 10.1 Å². The van der Waals surface area contributed by atoms with Crippen molar-refractivity contribution < 1.29 is 14.1 Å². The van der Waals surface area contributed by atoms with Crippen molar-refractivity contribution in [1.82, 2.24) is 14.9 Å². The van der Waals surface area contributed by atoms with Crippen LogP contribution in [-0.4, -0.2) is 20.8 Å². The standard InChI is InChI=1S/C22H17BrCl2N4O3/c1-13-16(12-31-15-5-3-2-4-6-15)20(28-32-13)22(30)26-21-17(23)11-29(27-21)10-14-7-8-18(24)19(25)9-14/h2-9,11H,10,12H2,1H3,(H,26,27,30). The summed E-state index contributed by atoms with van der Waals surface area (Å²) < 4.78 is 13.3. The summed E-state index contributed by atoms with van der Waals surface area (Å²) in [4.78, 5) is 12.9. The third kappa shape index (κ3) is 5.15. The fourth-order valence-electron chi connectivity index (χ4n) is 2.97. The minimum atomic E-state index is -0.450. The average Bonchev–Trinajstić information content (AvgIpc) is 3.31. The highest BCUT2D eigenvalue weighted by molar-refractivity contribution is 9.10. The lowest BCUT2D eigenvalue weighted by atomic mass is 10.2. The van der Waals surface area contributed by atoms with E-state index in [-0.39, 0.29) is 12.3 Å². The molecule has 10 heteroatoms. The molecular weight excluding hydrogens is 519 g/mol. The second kappa shape index (κ2) is 9.77. The Labute approximate surface area is 202 Å². The third-order valence-electron chi connectivity index (χ3n) is 4.60. The van der Waals surface area contributed by atoms with Crippen LogP contribution in [0.3, 0.4) is 0 Å². The van der Waals surface area contributed by atoms with E-state index in [9.17, 15) is 4.79 Å². The van der Waals surface area contributed by atoms with Gasteiger partial charge in [0, 0.05) is 6.20 Å². The van der Waals surface area contributed by atoms with Gasteiger partial charge in [0.2, 0.25) is 0 Å². The fraction of sp³-hybridized carbons (Fsp3) is 0.136. The van der Waals surface area contributed by atoms with Crippen LogP contribution in [0.25, 0.3) is 0 Å². The fourth-order valence-corrected chi connectivity index (χ4v) is 3.70. The van der Waals surface area contributed by atoms with Gasteiger partial charge in [-0.05, 0) is 52.7 Å². The van der Waals surface area contributed by atoms with E-state index in [1.807, 2.05) is 36.4 Å². The first-order valence-electron chi connectivity index (χ1n) is 9.52. The molecule has 32 heavy (non-hydrogen) atoms. The molecule has 4 aromatic rings. The number of carbonyl (C=O) groups excluding carboxylic acids is 1. The van der Waals surface area contributed by atoms with Gasteiger partial charge in [-0.1, -0.05) is 52.6 Å². The molecule has 0 aliphatic rings. The van der Waals surface area contributed by atoms with Crippen molar-refractivity contribution in [3.8, 4) is 5.75 Å². The van der Waals surface area contributed by atoms with Crippen molar-refractivity contribution in [3.63, 3.8) is 0 Å². The molecule has 0 atom stereocenters. The number of anilines is 1. The summed E-state index contributed by atoms with van der Waals surface area (Å²) >= 11 is 15.5. The van der Waals surface area contributed by atoms with E-state index in [1.54, 1.807) is 29.9 Å². The summed E-state index contributed by atoms with van der Waals surface area (Å²) in [5.74, 6) is 1.10. The van der Waals surface area contributed by atoms with Crippen LogP contribution in [-0.2, 0) is 13.2 Å². The van der Waals surface area contributed by atoms with Gasteiger partial charge in [0.25, 0.3) is 5.91 Å². The molecule has 0 spiro atoms. The lowest BCUT2D eigenvalue weighted by Crippen LogP contribution is -2.16. The molecule has 2 aromatic carbocycles. The van der Waals surface area contributed by atoms with Gasteiger partial charge >= 0.3 is 0 Å². The second-order valence-corrected chi connectivity index (χ2v) is 8.56. The Morgan fingerprint density at radius 1 is 1.19 bits per heavy atom. The van der Waals surface area contributed by atoms with E-state index in [2.05, 4.69) is 31.5 Å². The van der Waals surface area contributed by atoms with E-state index in [1.165, 1.54) is 0 Å². The van der Waals surface area contributed by atoms with Crippen LogP contribution in [0.15, 0.2) is 63.7 Å². The van der Waals surface area contributed by atoms with Crippen LogP contribution in [0.2, 0.25) is 10.0 Å². The summed E-state index contributed by atoms with van der Waals surface area (Å²) in [5, 5.41) is 12.0. The van der Waals surface area contributed by atoms with Crippen LogP contribution in [0.4, 0.5) is 5.82 Å². The van der Waals surface area contributed by atoms with Gasteiger partial charge in [-0.3, -0.25) is 9.48 Å². The van der Waals surface area contributed by atoms with E-state index >= 15 is 0 Å². The molecule has 7 nitrogen and oxygen atoms in total. The zero-order valence-corrected chi connectivity index (χ0v) is 19.9. The van der Waals surface area contributed by atoms with Crippen molar-refractivity contribution in [2.75, 3.05) is 5.32 Å². The Morgan fingerprint density at radius 3 is 2.72 bits per heavy atom. The number of nitrogens with one attached hydrogen (secondary N) is 1. The summed E-state index contributed by atoms with van der Waals surface area (Å²) in [6.07, 6.45) is 1.76. The van der Waals surface area contributed by atoms with E-state index < -0.39 is 5.91 Å². The summed E-state index contributed by atoms with van der Waals surface area (Å²) in [6, 6.07) is 14.7. The highest BCUT2D eigenvalue weighted by Crippen LogP contribution is 2.25. The minimum Gasteiger partial charge on any atom is -0.489 e. The first-order chi connectivity index (χ1) is 15.4. The van der Waals surface area contributed by atoms with Gasteiger partial charge in [0.15, 0.2) is 11.5 Å². The molecule has 0 unspecified atom stereocenters. The van der Waals surface area contributed by atoms with Crippen molar-refractivity contribution in [3.05, 3.63) is 91.8 Å². The molecule has 2 aromatic heterocycles. The second-order valence-electron chi connectivity index (χ2n) is 6.89. The number of hydrogen-bond acceptors (Lipinski definition) is 5. The normalized spacial score (nSPS) is 10.9. The molecule has 0 bridgehead atoms. The predicted octanol–water partition coefficient (Wildman–Crippen LogP) is 6.13. The first-order valence-corrected chi connectivity index (χ1v) is 11.1. The van der Waals surface area contributed by atoms with Crippen molar-refractivity contribution in [1.29, 1.82) is 0 Å². The zero-order chi connectivity index (χ0) is 22.7. The summed E-state index contributed by atoms with van der Waals surface area (Å²) in [7, 11) is 0. The average molecular weight is 536 g/mol. The molecule has 164 valence electrons. The Bertz CT molecular complexity index is 1260. The maximum absolute atomic E-state index is 12.9. The Morgan fingerprint density at radius 2 is 1.97 bits per heavy atom. The van der Waals surface area contributed by atoms with E-state index in [0.29, 0.717) is 44.0 Å². The highest BCUT2D eigenvalue weighted by atomic mass is 79.9. The quantitative estimate of drug-likeness (QED) is 0.308. The topological polar surface area (TPSA) is 82.2 Å². The molecule has 2 heterocycles. The highest BCUT2D eigenvalue weighted by Gasteiger charge is 2.22. The molecule has 0 aliphatic heterocycles. The number of amides is 1. The van der Waals surface area contributed by atoms with Crippen LogP contribution in [0.1, 0.15) is 27.4 Å². The van der Waals surface area contributed by atoms with Gasteiger partial charge in [0.1, 0.15) is 18.1 Å². The van der Waals surface area contributed by atoms with E-state index in [0.717, 1.165) is 5.56 Å². The van der Waals surface area contributed by atoms with Crippen molar-refractivity contribution >= 4 is 50.9 Å². The lowest BCUT2D eigenvalue weighted by Gasteiger charge is -2.06. The molecule has 0 radical (unpaired) electrons. The number of hydrogen-bond donors (Lipinski definition) is 1. The van der Waals surface area contributed by atoms with Gasteiger partial charge in [-0.15, -0.1) is 0 Å². The summed E-state index contributed by atoms with van der Waals surface area (Å²) in [5.41, 5.74) is 1.63. The van der Waals surface area contributed by atoms with Crippen molar-refractivity contribution in [2.24, 2.45) is 0 Å². The first kappa shape index (κ1) is 22.4. The van der Waals surface area contributed by atoms with Crippen molar-refractivity contribution in [2.45, 2.75) is 20.1 Å². The largest absolute Gasteiger partial charge is 0.489 e. The molecule has 0 fully saturated rings. The lowest BCUT2D eigenvalue weighted by molar-refractivity contribution is 0.101. The number of nitrogens with zero attached hydrogens (tertiary/aromatic N) is 3. The van der Waals surface area contributed by atoms with Crippen LogP contribution in [0, 0.1) is 6.92 Å². The minimum absolute atomic E-state index is 0.143. The number of halogens is 3. The number of benzene rings is 2. The third-order valence-corrected chi connectivity index (χ3v) is 5.92. The van der Waals surface area contributed by atoms with Gasteiger partial charge < -0.3 is 14.6 Å². The maximum atomic E-state index is 12.9. The summed E-state index contributed by atoms with van der Waals surface area (Å²) in [6.45, 7) is 2.33. The predicted molar refractivity (Wildman–Crippen MR) is 125 cm³/mol. The SMILES string of the molecule is Cc1onc(C(=O)Nc2nn(Cc3ccc(Cl)c(Cl)c3)cc2Br)c1COc1ccccc1. The monoisotopic (exact) mass is 534 g/mol. The number of para-hydroxylation sites is 1. The van der Waals surface area contributed by atoms with Crippen LogP contribution in [0.5, 0.6) is 5.75 Å². The van der Waals surface area contributed by atoms with E-state index in [4.69, 9.17) is 32.5 Å². The van der Waals surface area contributed by atoms with Crippen LogP contribution >= 0.6 is 39.1 Å². The number of aromatic nitrogens is 3. The maximum Gasteiger partial charge on any atom is 0.279 e. The molecule has 1 N–H and O–H groups in total. The Hall–Kier alpha value is -2.81. The molecule has 0 saturated heterocycles. The molecule has 4 rings (SSSR count). The smallest absolute Gasteiger partial charge is 0.279 e. The number of aryl methyl sites for hydroxylation is 1. The molecule has 0 saturated carbocycles. The molecule has 1 amide bonds. The number of ether oxygens (including phenoxy) is 1. The molecule has 0 aliphatic carbocycles. The zero-order valence-electron chi connectivity index (χ0n) is 16.8. The Kier molecular flexibility index (Phi) is 6.83. The number of carbonyl (C=O) groups is 1. The van der Waals surface area contributed by atoms with Gasteiger partial charge in [0.05, 0.1) is 26.6 Å².